The molecule has 0 aliphatic carbocycles. The summed E-state index contributed by atoms with van der Waals surface area (Å²) < 4.78 is 42.2. The summed E-state index contributed by atoms with van der Waals surface area (Å²) in [7, 11) is 0. The largest absolute Gasteiger partial charge is 0.481 e. The Morgan fingerprint density at radius 1 is 1.28 bits per heavy atom. The maximum absolute atomic E-state index is 12.4. The molecule has 5 nitrogen and oxygen atoms in total. The van der Waals surface area contributed by atoms with Crippen LogP contribution in [0, 0.1) is 11.8 Å². The molecule has 2 heterocycles. The lowest BCUT2D eigenvalue weighted by atomic mass is 9.81. The van der Waals surface area contributed by atoms with E-state index in [0.717, 1.165) is 0 Å². The van der Waals surface area contributed by atoms with Gasteiger partial charge in [-0.15, -0.1) is 0 Å². The van der Waals surface area contributed by atoms with Crippen molar-refractivity contribution in [1.82, 2.24) is 4.90 Å². The fraction of sp³-hybridized carbons (Fsp3) is 0.800. The SMILES string of the molecule is O=C(O)[C@H]1CCN(C(=O)C(F)(F)F)[C@H]2COC[C@H]12. The molecule has 2 fully saturated rings. The van der Waals surface area contributed by atoms with Crippen molar-refractivity contribution >= 4 is 11.9 Å². The van der Waals surface area contributed by atoms with Gasteiger partial charge < -0.3 is 14.7 Å². The van der Waals surface area contributed by atoms with Crippen LogP contribution in [-0.2, 0) is 14.3 Å². The van der Waals surface area contributed by atoms with Crippen molar-refractivity contribution in [2.45, 2.75) is 18.6 Å². The predicted molar refractivity (Wildman–Crippen MR) is 51.6 cm³/mol. The van der Waals surface area contributed by atoms with Gasteiger partial charge in [0, 0.05) is 12.5 Å². The number of carboxylic acid groups (broad SMARTS) is 1. The van der Waals surface area contributed by atoms with Gasteiger partial charge in [0.1, 0.15) is 0 Å². The summed E-state index contributed by atoms with van der Waals surface area (Å²) in [6.45, 7) is -0.140. The molecule has 102 valence electrons. The summed E-state index contributed by atoms with van der Waals surface area (Å²) in [6, 6.07) is -0.783. The number of hydrogen-bond donors (Lipinski definition) is 1. The summed E-state index contributed by atoms with van der Waals surface area (Å²) in [6.07, 6.45) is -4.90. The smallest absolute Gasteiger partial charge is 0.471 e. The molecule has 0 bridgehead atoms. The van der Waals surface area contributed by atoms with Gasteiger partial charge in [-0.05, 0) is 6.42 Å². The van der Waals surface area contributed by atoms with Crippen LogP contribution in [0.2, 0.25) is 0 Å². The molecule has 2 saturated heterocycles. The fourth-order valence-electron chi connectivity index (χ4n) is 2.64. The Labute approximate surface area is 100 Å². The molecular weight excluding hydrogens is 255 g/mol. The zero-order valence-electron chi connectivity index (χ0n) is 9.31. The van der Waals surface area contributed by atoms with Gasteiger partial charge in [-0.3, -0.25) is 9.59 Å². The van der Waals surface area contributed by atoms with Gasteiger partial charge in [0.05, 0.1) is 25.2 Å². The molecule has 1 amide bonds. The van der Waals surface area contributed by atoms with E-state index in [-0.39, 0.29) is 26.2 Å². The van der Waals surface area contributed by atoms with E-state index in [2.05, 4.69) is 0 Å². The third kappa shape index (κ3) is 2.16. The minimum atomic E-state index is -4.93. The number of aliphatic carboxylic acids is 1. The van der Waals surface area contributed by atoms with E-state index in [4.69, 9.17) is 9.84 Å². The first-order valence-corrected chi connectivity index (χ1v) is 5.50. The number of carboxylic acids is 1. The Hall–Kier alpha value is -1.31. The number of piperidine rings is 1. The van der Waals surface area contributed by atoms with Gasteiger partial charge in [-0.2, -0.15) is 13.2 Å². The number of nitrogens with zero attached hydrogens (tertiary/aromatic N) is 1. The van der Waals surface area contributed by atoms with Gasteiger partial charge in [-0.1, -0.05) is 0 Å². The summed E-state index contributed by atoms with van der Waals surface area (Å²) in [5, 5.41) is 8.99. The number of hydrogen-bond acceptors (Lipinski definition) is 3. The lowest BCUT2D eigenvalue weighted by molar-refractivity contribution is -0.191. The normalized spacial score (nSPS) is 32.2. The number of alkyl halides is 3. The molecule has 18 heavy (non-hydrogen) atoms. The lowest BCUT2D eigenvalue weighted by Crippen LogP contribution is -2.56. The average molecular weight is 267 g/mol. The fourth-order valence-corrected chi connectivity index (χ4v) is 2.64. The zero-order chi connectivity index (χ0) is 13.5. The van der Waals surface area contributed by atoms with Crippen molar-refractivity contribution in [3.63, 3.8) is 0 Å². The first kappa shape index (κ1) is 13.1. The van der Waals surface area contributed by atoms with Crippen LogP contribution in [0.3, 0.4) is 0 Å². The first-order chi connectivity index (χ1) is 8.32. The quantitative estimate of drug-likeness (QED) is 0.751. The van der Waals surface area contributed by atoms with Crippen LogP contribution in [0.25, 0.3) is 0 Å². The molecule has 0 radical (unpaired) electrons. The Kier molecular flexibility index (Phi) is 3.22. The van der Waals surface area contributed by atoms with E-state index in [1.54, 1.807) is 0 Å². The highest BCUT2D eigenvalue weighted by atomic mass is 19.4. The standard InChI is InChI=1S/C10H12F3NO4/c11-10(12,13)9(17)14-2-1-5(8(15)16)6-3-18-4-7(6)14/h5-7H,1-4H2,(H,15,16)/t5-,6+,7-/m0/s1. The van der Waals surface area contributed by atoms with Crippen LogP contribution in [0.1, 0.15) is 6.42 Å². The van der Waals surface area contributed by atoms with E-state index in [1.165, 1.54) is 0 Å². The highest BCUT2D eigenvalue weighted by molar-refractivity contribution is 5.82. The highest BCUT2D eigenvalue weighted by Crippen LogP contribution is 2.36. The maximum Gasteiger partial charge on any atom is 0.471 e. The maximum atomic E-state index is 12.4. The van der Waals surface area contributed by atoms with Crippen molar-refractivity contribution < 1.29 is 32.6 Å². The third-order valence-corrected chi connectivity index (χ3v) is 3.51. The molecule has 0 aromatic carbocycles. The highest BCUT2D eigenvalue weighted by Gasteiger charge is 2.52. The van der Waals surface area contributed by atoms with Crippen molar-refractivity contribution in [3.8, 4) is 0 Å². The molecule has 1 N–H and O–H groups in total. The molecule has 2 aliphatic heterocycles. The Morgan fingerprint density at radius 3 is 2.50 bits per heavy atom. The summed E-state index contributed by atoms with van der Waals surface area (Å²) in [4.78, 5) is 22.9. The molecule has 8 heteroatoms. The number of ether oxygens (including phenoxy) is 1. The molecule has 3 atom stereocenters. The van der Waals surface area contributed by atoms with E-state index < -0.39 is 35.9 Å². The van der Waals surface area contributed by atoms with Crippen molar-refractivity contribution in [2.75, 3.05) is 19.8 Å². The van der Waals surface area contributed by atoms with Gasteiger partial charge in [0.2, 0.25) is 0 Å². The van der Waals surface area contributed by atoms with E-state index >= 15 is 0 Å². The van der Waals surface area contributed by atoms with Crippen LogP contribution in [-0.4, -0.2) is 53.9 Å². The Balaban J connectivity index is 2.18. The number of amides is 1. The monoisotopic (exact) mass is 267 g/mol. The second-order valence-corrected chi connectivity index (χ2v) is 4.50. The minimum absolute atomic E-state index is 0.0294. The number of carbonyl (C=O) groups is 2. The van der Waals surface area contributed by atoms with Crippen molar-refractivity contribution in [2.24, 2.45) is 11.8 Å². The number of likely N-dealkylation sites (tertiary alicyclic amines) is 1. The second kappa shape index (κ2) is 4.42. The van der Waals surface area contributed by atoms with Gasteiger partial charge in [0.25, 0.3) is 0 Å². The molecule has 0 spiro atoms. The van der Waals surface area contributed by atoms with Crippen LogP contribution in [0.5, 0.6) is 0 Å². The number of fused-ring (bicyclic) bond motifs is 1. The van der Waals surface area contributed by atoms with Gasteiger partial charge >= 0.3 is 18.1 Å². The van der Waals surface area contributed by atoms with Crippen molar-refractivity contribution in [3.05, 3.63) is 0 Å². The van der Waals surface area contributed by atoms with Crippen LogP contribution in [0.4, 0.5) is 13.2 Å². The zero-order valence-corrected chi connectivity index (χ0v) is 9.31. The van der Waals surface area contributed by atoms with E-state index in [9.17, 15) is 22.8 Å². The molecule has 0 saturated carbocycles. The van der Waals surface area contributed by atoms with Crippen LogP contribution >= 0.6 is 0 Å². The Bertz CT molecular complexity index is 371. The second-order valence-electron chi connectivity index (χ2n) is 4.50. The predicted octanol–water partition coefficient (Wildman–Crippen LogP) is 0.497. The van der Waals surface area contributed by atoms with E-state index in [1.807, 2.05) is 0 Å². The van der Waals surface area contributed by atoms with Crippen LogP contribution in [0.15, 0.2) is 0 Å². The number of halogens is 3. The minimum Gasteiger partial charge on any atom is -0.481 e. The number of rotatable bonds is 1. The molecular formula is C10H12F3NO4. The summed E-state index contributed by atoms with van der Waals surface area (Å²) >= 11 is 0. The first-order valence-electron chi connectivity index (χ1n) is 5.50. The molecule has 0 aromatic heterocycles. The average Bonchev–Trinajstić information content (AvgIpc) is 2.73. The van der Waals surface area contributed by atoms with E-state index in [0.29, 0.717) is 4.90 Å². The molecule has 2 rings (SSSR count). The van der Waals surface area contributed by atoms with Gasteiger partial charge in [0.15, 0.2) is 0 Å². The third-order valence-electron chi connectivity index (χ3n) is 3.51. The number of carbonyl (C=O) groups excluding carboxylic acids is 1. The molecule has 2 aliphatic rings. The molecule has 0 aromatic rings. The van der Waals surface area contributed by atoms with Gasteiger partial charge in [-0.25, -0.2) is 0 Å². The Morgan fingerprint density at radius 2 is 1.94 bits per heavy atom. The molecule has 0 unspecified atom stereocenters. The van der Waals surface area contributed by atoms with Crippen molar-refractivity contribution in [1.29, 1.82) is 0 Å². The summed E-state index contributed by atoms with van der Waals surface area (Å²) in [5.74, 6) is -4.25. The lowest BCUT2D eigenvalue weighted by Gasteiger charge is -2.39. The van der Waals surface area contributed by atoms with Crippen LogP contribution < -0.4 is 0 Å². The summed E-state index contributed by atoms with van der Waals surface area (Å²) in [5.41, 5.74) is 0. The topological polar surface area (TPSA) is 66.8 Å².